The molecule has 7 nitrogen and oxygen atoms in total. The number of hydrogen-bond acceptors (Lipinski definition) is 5. The highest BCUT2D eigenvalue weighted by Gasteiger charge is 2.50. The summed E-state index contributed by atoms with van der Waals surface area (Å²) in [7, 11) is 0. The average molecular weight is 334 g/mol. The molecule has 1 aliphatic rings. The zero-order chi connectivity index (χ0) is 17.2. The summed E-state index contributed by atoms with van der Waals surface area (Å²) in [6.07, 6.45) is 1.09. The number of aromatic nitrogens is 1. The van der Waals surface area contributed by atoms with Crippen LogP contribution < -0.4 is 10.1 Å². The minimum absolute atomic E-state index is 0.0170. The van der Waals surface area contributed by atoms with E-state index in [1.54, 1.807) is 12.1 Å². The Balaban J connectivity index is 1.54. The number of rotatable bonds is 7. The molecule has 1 heterocycles. The van der Waals surface area contributed by atoms with Gasteiger partial charge in [0.05, 0.1) is 5.41 Å². The van der Waals surface area contributed by atoms with Crippen molar-refractivity contribution in [2.75, 3.05) is 6.54 Å². The number of aliphatic carboxylic acids is 1. The van der Waals surface area contributed by atoms with Crippen LogP contribution in [0, 0.1) is 11.2 Å². The molecule has 0 unspecified atom stereocenters. The van der Waals surface area contributed by atoms with Crippen LogP contribution in [-0.2, 0) is 11.4 Å². The fourth-order valence-corrected chi connectivity index (χ4v) is 2.16. The SMILES string of the molecule is O=C(NCC1(C(=O)O)CC1)c1cc(COc2ccccc2F)on1. The van der Waals surface area contributed by atoms with Crippen LogP contribution in [-0.4, -0.2) is 28.7 Å². The maximum atomic E-state index is 13.4. The highest BCUT2D eigenvalue weighted by Crippen LogP contribution is 2.45. The quantitative estimate of drug-likeness (QED) is 0.803. The fraction of sp³-hybridized carbons (Fsp3) is 0.312. The Morgan fingerprint density at radius 1 is 1.38 bits per heavy atom. The first kappa shape index (κ1) is 16.0. The van der Waals surface area contributed by atoms with Crippen LogP contribution in [0.3, 0.4) is 0 Å². The lowest BCUT2D eigenvalue weighted by molar-refractivity contribution is -0.143. The molecule has 24 heavy (non-hydrogen) atoms. The van der Waals surface area contributed by atoms with Crippen molar-refractivity contribution in [2.45, 2.75) is 19.4 Å². The number of carboxylic acids is 1. The number of carboxylic acid groups (broad SMARTS) is 1. The summed E-state index contributed by atoms with van der Waals surface area (Å²) in [6.45, 7) is -0.0324. The molecular formula is C16H15FN2O5. The smallest absolute Gasteiger partial charge is 0.311 e. The highest BCUT2D eigenvalue weighted by molar-refractivity contribution is 5.92. The number of benzene rings is 1. The summed E-state index contributed by atoms with van der Waals surface area (Å²) in [4.78, 5) is 23.0. The number of halogens is 1. The van der Waals surface area contributed by atoms with Gasteiger partial charge >= 0.3 is 5.97 Å². The second kappa shape index (κ2) is 6.31. The first-order valence-corrected chi connectivity index (χ1v) is 7.35. The summed E-state index contributed by atoms with van der Waals surface area (Å²) in [5, 5.41) is 15.2. The van der Waals surface area contributed by atoms with Gasteiger partial charge in [-0.15, -0.1) is 0 Å². The molecule has 1 fully saturated rings. The first-order valence-electron chi connectivity index (χ1n) is 7.35. The molecule has 0 spiro atoms. The van der Waals surface area contributed by atoms with E-state index in [-0.39, 0.29) is 30.4 Å². The molecule has 2 aromatic rings. The zero-order valence-electron chi connectivity index (χ0n) is 12.6. The van der Waals surface area contributed by atoms with Gasteiger partial charge in [0, 0.05) is 12.6 Å². The topological polar surface area (TPSA) is 102 Å². The number of nitrogens with zero attached hydrogens (tertiary/aromatic N) is 1. The number of nitrogens with one attached hydrogen (secondary N) is 1. The van der Waals surface area contributed by atoms with Crippen LogP contribution in [0.5, 0.6) is 5.75 Å². The maximum Gasteiger partial charge on any atom is 0.311 e. The monoisotopic (exact) mass is 334 g/mol. The molecule has 0 radical (unpaired) electrons. The molecule has 1 aliphatic carbocycles. The van der Waals surface area contributed by atoms with Crippen molar-refractivity contribution in [3.63, 3.8) is 0 Å². The predicted molar refractivity (Wildman–Crippen MR) is 78.9 cm³/mol. The summed E-state index contributed by atoms with van der Waals surface area (Å²) in [6, 6.07) is 7.29. The Kier molecular flexibility index (Phi) is 4.20. The third-order valence-corrected chi connectivity index (χ3v) is 3.89. The normalized spacial score (nSPS) is 14.9. The van der Waals surface area contributed by atoms with Crippen LogP contribution in [0.2, 0.25) is 0 Å². The minimum Gasteiger partial charge on any atom is -0.482 e. The molecule has 0 saturated heterocycles. The van der Waals surface area contributed by atoms with Crippen molar-refractivity contribution >= 4 is 11.9 Å². The van der Waals surface area contributed by atoms with Gasteiger partial charge < -0.3 is 19.7 Å². The van der Waals surface area contributed by atoms with E-state index in [4.69, 9.17) is 14.4 Å². The standard InChI is InChI=1S/C16H15FN2O5/c17-11-3-1-2-4-13(11)23-8-10-7-12(19-24-10)14(20)18-9-16(5-6-16)15(21)22/h1-4,7H,5-6,8-9H2,(H,18,20)(H,21,22). The lowest BCUT2D eigenvalue weighted by Gasteiger charge is -2.09. The van der Waals surface area contributed by atoms with Gasteiger partial charge in [0.25, 0.3) is 5.91 Å². The van der Waals surface area contributed by atoms with Gasteiger partial charge in [0.2, 0.25) is 0 Å². The molecule has 2 N–H and O–H groups in total. The van der Waals surface area contributed by atoms with E-state index in [1.165, 1.54) is 18.2 Å². The second-order valence-corrected chi connectivity index (χ2v) is 5.67. The second-order valence-electron chi connectivity index (χ2n) is 5.67. The third kappa shape index (κ3) is 3.37. The molecule has 0 bridgehead atoms. The summed E-state index contributed by atoms with van der Waals surface area (Å²) < 4.78 is 23.6. The number of hydrogen-bond donors (Lipinski definition) is 2. The highest BCUT2D eigenvalue weighted by atomic mass is 19.1. The Hall–Kier alpha value is -2.90. The number of amides is 1. The minimum atomic E-state index is -0.915. The predicted octanol–water partition coefficient (Wildman–Crippen LogP) is 1.99. The fourth-order valence-electron chi connectivity index (χ4n) is 2.16. The molecule has 3 rings (SSSR count). The van der Waals surface area contributed by atoms with E-state index in [0.717, 1.165) is 0 Å². The molecule has 0 atom stereocenters. The van der Waals surface area contributed by atoms with Gasteiger partial charge in [-0.2, -0.15) is 0 Å². The van der Waals surface area contributed by atoms with Gasteiger partial charge in [0.1, 0.15) is 6.61 Å². The van der Waals surface area contributed by atoms with Crippen LogP contribution >= 0.6 is 0 Å². The van der Waals surface area contributed by atoms with Crippen LogP contribution in [0.15, 0.2) is 34.9 Å². The van der Waals surface area contributed by atoms with E-state index in [0.29, 0.717) is 12.8 Å². The van der Waals surface area contributed by atoms with Gasteiger partial charge in [-0.1, -0.05) is 17.3 Å². The van der Waals surface area contributed by atoms with Gasteiger partial charge in [-0.25, -0.2) is 4.39 Å². The first-order chi connectivity index (χ1) is 11.5. The maximum absolute atomic E-state index is 13.4. The van der Waals surface area contributed by atoms with E-state index < -0.39 is 23.1 Å². The molecule has 0 aliphatic heterocycles. The Bertz CT molecular complexity index is 769. The lowest BCUT2D eigenvalue weighted by atomic mass is 10.1. The number of carbonyl (C=O) groups is 2. The van der Waals surface area contributed by atoms with Crippen molar-refractivity contribution in [3.8, 4) is 5.75 Å². The van der Waals surface area contributed by atoms with Crippen molar-refractivity contribution < 1.29 is 28.3 Å². The van der Waals surface area contributed by atoms with Crippen molar-refractivity contribution in [1.82, 2.24) is 10.5 Å². The average Bonchev–Trinajstić information content (AvgIpc) is 3.22. The molecule has 1 saturated carbocycles. The van der Waals surface area contributed by atoms with Crippen LogP contribution in [0.4, 0.5) is 4.39 Å². The van der Waals surface area contributed by atoms with E-state index in [2.05, 4.69) is 10.5 Å². The van der Waals surface area contributed by atoms with Gasteiger partial charge in [-0.05, 0) is 25.0 Å². The molecular weight excluding hydrogens is 319 g/mol. The Labute approximate surface area is 136 Å². The van der Waals surface area contributed by atoms with Crippen LogP contribution in [0.25, 0.3) is 0 Å². The number of carbonyl (C=O) groups excluding carboxylic acids is 1. The molecule has 1 amide bonds. The van der Waals surface area contributed by atoms with Crippen molar-refractivity contribution in [3.05, 3.63) is 47.6 Å². The number of ether oxygens (including phenoxy) is 1. The van der Waals surface area contributed by atoms with E-state index >= 15 is 0 Å². The summed E-state index contributed by atoms with van der Waals surface area (Å²) in [5.41, 5.74) is -0.834. The summed E-state index contributed by atoms with van der Waals surface area (Å²) >= 11 is 0. The molecule has 1 aromatic carbocycles. The van der Waals surface area contributed by atoms with Crippen molar-refractivity contribution in [2.24, 2.45) is 5.41 Å². The zero-order valence-corrected chi connectivity index (χ0v) is 12.6. The van der Waals surface area contributed by atoms with Crippen molar-refractivity contribution in [1.29, 1.82) is 0 Å². The van der Waals surface area contributed by atoms with Gasteiger partial charge in [0.15, 0.2) is 23.0 Å². The Morgan fingerprint density at radius 3 is 2.79 bits per heavy atom. The molecule has 1 aromatic heterocycles. The molecule has 126 valence electrons. The third-order valence-electron chi connectivity index (χ3n) is 3.89. The number of para-hydroxylation sites is 1. The molecule has 8 heteroatoms. The summed E-state index contributed by atoms with van der Waals surface area (Å²) in [5.74, 6) is -1.62. The van der Waals surface area contributed by atoms with E-state index in [9.17, 15) is 14.0 Å². The van der Waals surface area contributed by atoms with Gasteiger partial charge in [-0.3, -0.25) is 9.59 Å². The van der Waals surface area contributed by atoms with Crippen LogP contribution in [0.1, 0.15) is 29.1 Å². The lowest BCUT2D eigenvalue weighted by Crippen LogP contribution is -2.34. The Morgan fingerprint density at radius 2 is 2.12 bits per heavy atom. The van der Waals surface area contributed by atoms with E-state index in [1.807, 2.05) is 0 Å². The largest absolute Gasteiger partial charge is 0.482 e.